The largest absolute Gasteiger partial charge is 0.462 e. The van der Waals surface area contributed by atoms with E-state index in [1.807, 2.05) is 0 Å². The topological polar surface area (TPSA) is 88.1 Å². The highest BCUT2D eigenvalue weighted by molar-refractivity contribution is 5.92. The predicted molar refractivity (Wildman–Crippen MR) is 68.8 cm³/mol. The molecule has 0 N–H and O–H groups in total. The highest BCUT2D eigenvalue weighted by Gasteiger charge is 2.46. The highest BCUT2D eigenvalue weighted by atomic mass is 16.7. The molecule has 0 aliphatic carbocycles. The maximum Gasteiger partial charge on any atom is 0.348 e. The molecule has 2 heterocycles. The Balaban J connectivity index is 1.96. The van der Waals surface area contributed by atoms with Crippen LogP contribution in [0.5, 0.6) is 0 Å². The van der Waals surface area contributed by atoms with Gasteiger partial charge in [-0.05, 0) is 19.8 Å². The Morgan fingerprint density at radius 3 is 2.67 bits per heavy atom. The zero-order valence-electron chi connectivity index (χ0n) is 11.8. The Hall–Kier alpha value is -1.89. The van der Waals surface area contributed by atoms with Crippen LogP contribution in [-0.2, 0) is 33.3 Å². The number of carbonyl (C=O) groups is 3. The first-order chi connectivity index (χ1) is 9.99. The molecule has 0 spiro atoms. The zero-order chi connectivity index (χ0) is 15.4. The average Bonchev–Trinajstić information content (AvgIpc) is 2.81. The minimum atomic E-state index is -1.29. The van der Waals surface area contributed by atoms with E-state index in [9.17, 15) is 14.4 Å². The van der Waals surface area contributed by atoms with Crippen molar-refractivity contribution in [2.75, 3.05) is 13.2 Å². The monoisotopic (exact) mass is 298 g/mol. The Morgan fingerprint density at radius 1 is 1.29 bits per heavy atom. The van der Waals surface area contributed by atoms with Crippen LogP contribution in [0.2, 0.25) is 0 Å². The van der Waals surface area contributed by atoms with Crippen molar-refractivity contribution in [2.45, 2.75) is 38.6 Å². The molecule has 0 bridgehead atoms. The summed E-state index contributed by atoms with van der Waals surface area (Å²) >= 11 is 0. The van der Waals surface area contributed by atoms with Crippen molar-refractivity contribution in [2.24, 2.45) is 5.92 Å². The third-order valence-electron chi connectivity index (χ3n) is 3.27. The molecule has 0 aromatic rings. The van der Waals surface area contributed by atoms with E-state index in [1.54, 1.807) is 0 Å². The van der Waals surface area contributed by atoms with Crippen LogP contribution in [-0.4, -0.2) is 43.5 Å². The van der Waals surface area contributed by atoms with Crippen molar-refractivity contribution < 1.29 is 33.3 Å². The Morgan fingerprint density at radius 2 is 2.05 bits per heavy atom. The van der Waals surface area contributed by atoms with Gasteiger partial charge in [-0.1, -0.05) is 6.58 Å². The lowest BCUT2D eigenvalue weighted by Crippen LogP contribution is -2.37. The molecule has 0 amide bonds. The molecule has 0 radical (unpaired) electrons. The summed E-state index contributed by atoms with van der Waals surface area (Å²) in [6.07, 6.45) is 0.554. The minimum Gasteiger partial charge on any atom is -0.462 e. The van der Waals surface area contributed by atoms with Crippen molar-refractivity contribution in [1.82, 2.24) is 0 Å². The van der Waals surface area contributed by atoms with Crippen LogP contribution < -0.4 is 0 Å². The van der Waals surface area contributed by atoms with E-state index in [1.165, 1.54) is 6.92 Å². The number of carbonyl (C=O) groups excluding carboxylic acids is 3. The Bertz CT molecular complexity index is 450. The Kier molecular flexibility index (Phi) is 4.95. The number of cyclic esters (lactones) is 1. The fourth-order valence-corrected chi connectivity index (χ4v) is 2.06. The predicted octanol–water partition coefficient (Wildman–Crippen LogP) is 0.717. The average molecular weight is 298 g/mol. The van der Waals surface area contributed by atoms with Crippen molar-refractivity contribution in [3.8, 4) is 0 Å². The first kappa shape index (κ1) is 15.5. The molecule has 0 aromatic heterocycles. The molecule has 3 unspecified atom stereocenters. The summed E-state index contributed by atoms with van der Waals surface area (Å²) in [7, 11) is 0. The maximum atomic E-state index is 12.1. The van der Waals surface area contributed by atoms with Crippen LogP contribution in [0.4, 0.5) is 0 Å². The van der Waals surface area contributed by atoms with Gasteiger partial charge in [0.2, 0.25) is 12.4 Å². The summed E-state index contributed by atoms with van der Waals surface area (Å²) in [5.74, 6) is -3.12. The molecule has 7 heteroatoms. The SMILES string of the molecule is C=C(C)C(=O)OC1C(=O)OCC1C(=O)OC1CCCCO1. The van der Waals surface area contributed by atoms with Crippen LogP contribution in [0.25, 0.3) is 0 Å². The van der Waals surface area contributed by atoms with Crippen molar-refractivity contribution in [3.05, 3.63) is 12.2 Å². The van der Waals surface area contributed by atoms with Crippen LogP contribution in [0.1, 0.15) is 26.2 Å². The third kappa shape index (κ3) is 3.81. The summed E-state index contributed by atoms with van der Waals surface area (Å²) in [5.41, 5.74) is 0.137. The lowest BCUT2D eigenvalue weighted by Gasteiger charge is -2.24. The van der Waals surface area contributed by atoms with Gasteiger partial charge in [0, 0.05) is 12.0 Å². The van der Waals surface area contributed by atoms with Gasteiger partial charge in [-0.3, -0.25) is 4.79 Å². The molecular formula is C14H18O7. The molecule has 2 aliphatic rings. The van der Waals surface area contributed by atoms with E-state index in [-0.39, 0.29) is 12.2 Å². The Labute approximate surface area is 122 Å². The summed E-state index contributed by atoms with van der Waals surface area (Å²) in [5, 5.41) is 0. The first-order valence-electron chi connectivity index (χ1n) is 6.84. The van der Waals surface area contributed by atoms with Crippen molar-refractivity contribution in [1.29, 1.82) is 0 Å². The fourth-order valence-electron chi connectivity index (χ4n) is 2.06. The zero-order valence-corrected chi connectivity index (χ0v) is 11.8. The fraction of sp³-hybridized carbons (Fsp3) is 0.643. The molecule has 2 saturated heterocycles. The highest BCUT2D eigenvalue weighted by Crippen LogP contribution is 2.23. The van der Waals surface area contributed by atoms with Crippen molar-refractivity contribution in [3.63, 3.8) is 0 Å². The normalized spacial score (nSPS) is 28.6. The standard InChI is InChI=1S/C14H18O7/c1-8(2)12(15)21-11-9(7-19-14(11)17)13(16)20-10-5-3-4-6-18-10/h9-11H,1,3-7H2,2H3. The lowest BCUT2D eigenvalue weighted by atomic mass is 10.1. The van der Waals surface area contributed by atoms with Crippen molar-refractivity contribution >= 4 is 17.9 Å². The minimum absolute atomic E-state index is 0.137. The molecule has 0 aromatic carbocycles. The van der Waals surface area contributed by atoms with Gasteiger partial charge in [-0.25, -0.2) is 9.59 Å². The summed E-state index contributed by atoms with van der Waals surface area (Å²) in [6, 6.07) is 0. The summed E-state index contributed by atoms with van der Waals surface area (Å²) in [6.45, 7) is 5.24. The molecule has 116 valence electrons. The molecule has 2 fully saturated rings. The van der Waals surface area contributed by atoms with Crippen LogP contribution in [0.3, 0.4) is 0 Å². The van der Waals surface area contributed by atoms with Crippen LogP contribution in [0.15, 0.2) is 12.2 Å². The molecule has 21 heavy (non-hydrogen) atoms. The second kappa shape index (κ2) is 6.71. The van der Waals surface area contributed by atoms with E-state index < -0.39 is 36.2 Å². The number of hydrogen-bond acceptors (Lipinski definition) is 7. The first-order valence-corrected chi connectivity index (χ1v) is 6.84. The summed E-state index contributed by atoms with van der Waals surface area (Å²) < 4.78 is 20.2. The second-order valence-electron chi connectivity index (χ2n) is 5.08. The second-order valence-corrected chi connectivity index (χ2v) is 5.08. The molecule has 3 atom stereocenters. The van der Waals surface area contributed by atoms with E-state index in [0.717, 1.165) is 12.8 Å². The van der Waals surface area contributed by atoms with Gasteiger partial charge in [0.05, 0.1) is 6.61 Å². The van der Waals surface area contributed by atoms with Crippen LogP contribution in [0, 0.1) is 5.92 Å². The molecule has 7 nitrogen and oxygen atoms in total. The van der Waals surface area contributed by atoms with E-state index >= 15 is 0 Å². The number of hydrogen-bond donors (Lipinski definition) is 0. The van der Waals surface area contributed by atoms with Gasteiger partial charge >= 0.3 is 17.9 Å². The third-order valence-corrected chi connectivity index (χ3v) is 3.27. The quantitative estimate of drug-likeness (QED) is 0.429. The number of ether oxygens (including phenoxy) is 4. The van der Waals surface area contributed by atoms with Gasteiger partial charge in [-0.15, -0.1) is 0 Å². The molecular weight excluding hydrogens is 280 g/mol. The maximum absolute atomic E-state index is 12.1. The smallest absolute Gasteiger partial charge is 0.348 e. The van der Waals surface area contributed by atoms with E-state index in [2.05, 4.69) is 6.58 Å². The number of esters is 3. The lowest BCUT2D eigenvalue weighted by molar-refractivity contribution is -0.194. The van der Waals surface area contributed by atoms with Crippen LogP contribution >= 0.6 is 0 Å². The summed E-state index contributed by atoms with van der Waals surface area (Å²) in [4.78, 5) is 35.1. The van der Waals surface area contributed by atoms with Gasteiger partial charge in [0.1, 0.15) is 12.5 Å². The molecule has 2 aliphatic heterocycles. The van der Waals surface area contributed by atoms with Gasteiger partial charge < -0.3 is 18.9 Å². The van der Waals surface area contributed by atoms with Gasteiger partial charge in [-0.2, -0.15) is 0 Å². The van der Waals surface area contributed by atoms with Gasteiger partial charge in [0.25, 0.3) is 0 Å². The molecule has 0 saturated carbocycles. The molecule has 2 rings (SSSR count). The van der Waals surface area contributed by atoms with Gasteiger partial charge in [0.15, 0.2) is 0 Å². The van der Waals surface area contributed by atoms with E-state index in [4.69, 9.17) is 18.9 Å². The number of rotatable bonds is 4. The van der Waals surface area contributed by atoms with E-state index in [0.29, 0.717) is 13.0 Å².